The minimum absolute atomic E-state index is 0.0249. The molecule has 0 saturated heterocycles. The van der Waals surface area contributed by atoms with Gasteiger partial charge in [-0.1, -0.05) is 156 Å². The minimum Gasteiger partial charge on any atom is -0.462 e. The van der Waals surface area contributed by atoms with E-state index in [9.17, 15) is 54.8 Å². The molecule has 0 aromatic rings. The van der Waals surface area contributed by atoms with Gasteiger partial charge in [-0.25, -0.2) is 4.57 Å². The minimum atomic E-state index is -5.19. The molecule has 0 spiro atoms. The molecule has 1 fully saturated rings. The van der Waals surface area contributed by atoms with Crippen LogP contribution in [0, 0.1) is 0 Å². The van der Waals surface area contributed by atoms with Gasteiger partial charge in [0.2, 0.25) is 0 Å². The van der Waals surface area contributed by atoms with Gasteiger partial charge in [-0.15, -0.1) is 0 Å². The van der Waals surface area contributed by atoms with Gasteiger partial charge in [0.1, 0.15) is 43.2 Å². The molecule has 67 heavy (non-hydrogen) atoms. The molecule has 16 heteroatoms. The summed E-state index contributed by atoms with van der Waals surface area (Å²) in [5.74, 6) is -1.35. The maximum atomic E-state index is 12.8. The van der Waals surface area contributed by atoms with Crippen molar-refractivity contribution in [1.82, 2.24) is 0 Å². The summed E-state index contributed by atoms with van der Waals surface area (Å²) in [6.07, 6.45) is 32.2. The van der Waals surface area contributed by atoms with Crippen molar-refractivity contribution in [3.8, 4) is 0 Å². The maximum absolute atomic E-state index is 12.8. The van der Waals surface area contributed by atoms with E-state index in [4.69, 9.17) is 18.5 Å². The van der Waals surface area contributed by atoms with Gasteiger partial charge in [-0.05, 0) is 70.6 Å². The van der Waals surface area contributed by atoms with Crippen LogP contribution in [-0.4, -0.2) is 121 Å². The number of phosphoric ester groups is 1. The van der Waals surface area contributed by atoms with E-state index in [0.29, 0.717) is 12.8 Å². The number of allylic oxidation sites excluding steroid dienone is 14. The van der Waals surface area contributed by atoms with Crippen LogP contribution in [0.2, 0.25) is 0 Å². The van der Waals surface area contributed by atoms with E-state index in [1.165, 1.54) is 0 Å². The highest BCUT2D eigenvalue weighted by molar-refractivity contribution is 7.47. The molecule has 0 bridgehead atoms. The fourth-order valence-corrected chi connectivity index (χ4v) is 7.64. The standard InChI is InChI=1S/C51H83O15P/c1-3-5-7-8-9-10-11-12-13-14-15-16-17-18-19-20-24-27-31-37-45(55)65-43(40-64-67(61,62)66-51-49(59)47(57)46(56)48(58)50(51)60)39-63-44(54)38-32-36-42(53)35-30-26-23-21-22-25-29-34-41(52)33-28-6-4-2/h5,7,9-10,12-13,15-16,22-23,25-26,29-30,34-35,41-43,46-53,56-60H,3-4,6,8,11,14,17-21,24,27-28,31-33,36-40H2,1-2H3,(H,61,62)/b7-5-,10-9-,13-12-,16-15-,25-22-,26-23-,34-29+,35-30+/t41-,42-,43+,46?,47-,48+,49+,50+,51?/m0/s1. The second-order valence-corrected chi connectivity index (χ2v) is 18.0. The quantitative estimate of drug-likeness (QED) is 0.00968. The van der Waals surface area contributed by atoms with Gasteiger partial charge in [-0.3, -0.25) is 18.6 Å². The molecule has 1 rings (SSSR count). The number of carbonyl (C=O) groups excluding carboxylic acids is 2. The number of unbranched alkanes of at least 4 members (excludes halogenated alkanes) is 8. The summed E-state index contributed by atoms with van der Waals surface area (Å²) in [4.78, 5) is 35.8. The molecule has 3 unspecified atom stereocenters. The Morgan fingerprint density at radius 1 is 0.552 bits per heavy atom. The molecular weight excluding hydrogens is 884 g/mol. The largest absolute Gasteiger partial charge is 0.472 e. The molecule has 0 aromatic carbocycles. The lowest BCUT2D eigenvalue weighted by atomic mass is 9.85. The summed E-state index contributed by atoms with van der Waals surface area (Å²) in [5, 5.41) is 70.4. The van der Waals surface area contributed by atoms with Crippen molar-refractivity contribution in [3.05, 3.63) is 97.2 Å². The molecule has 0 heterocycles. The SMILES string of the molecule is CC/C=C\C/C=C\C/C=C\C/C=C\CCCCCCCCC(=O)O[C@H](COC(=O)CCC[C@@H](O)/C=C/C=C\C/C=C\C=C\[C@@H](O)CCCCC)COP(=O)(O)OC1[C@H](O)[C@H](O)C(O)[C@H](O)[C@H]1O. The number of rotatable bonds is 38. The van der Waals surface area contributed by atoms with Crippen LogP contribution in [0.3, 0.4) is 0 Å². The molecule has 1 saturated carbocycles. The van der Waals surface area contributed by atoms with Crippen molar-refractivity contribution in [3.63, 3.8) is 0 Å². The Bertz CT molecular complexity index is 1570. The second-order valence-electron chi connectivity index (χ2n) is 16.6. The summed E-state index contributed by atoms with van der Waals surface area (Å²) in [7, 11) is -5.19. The van der Waals surface area contributed by atoms with Crippen molar-refractivity contribution in [2.75, 3.05) is 13.2 Å². The maximum Gasteiger partial charge on any atom is 0.472 e. The topological polar surface area (TPSA) is 250 Å². The third-order valence-corrected chi connectivity index (χ3v) is 11.6. The Morgan fingerprint density at radius 3 is 1.63 bits per heavy atom. The van der Waals surface area contributed by atoms with Crippen LogP contribution in [-0.2, 0) is 32.7 Å². The molecule has 1 aliphatic rings. The normalized spacial score (nSPS) is 23.0. The lowest BCUT2D eigenvalue weighted by Crippen LogP contribution is -2.64. The summed E-state index contributed by atoms with van der Waals surface area (Å²) in [6, 6.07) is 0. The first-order valence-electron chi connectivity index (χ1n) is 24.3. The fourth-order valence-electron chi connectivity index (χ4n) is 6.67. The average molecular weight is 967 g/mol. The van der Waals surface area contributed by atoms with Gasteiger partial charge >= 0.3 is 19.8 Å². The predicted octanol–water partition coefficient (Wildman–Crippen LogP) is 7.77. The highest BCUT2D eigenvalue weighted by Gasteiger charge is 2.51. The number of aliphatic hydroxyl groups is 7. The monoisotopic (exact) mass is 967 g/mol. The zero-order valence-electron chi connectivity index (χ0n) is 39.9. The van der Waals surface area contributed by atoms with Crippen LogP contribution in [0.5, 0.6) is 0 Å². The number of hydrogen-bond acceptors (Lipinski definition) is 14. The highest BCUT2D eigenvalue weighted by Crippen LogP contribution is 2.47. The van der Waals surface area contributed by atoms with Gasteiger partial charge < -0.3 is 50.1 Å². The molecule has 0 radical (unpaired) electrons. The van der Waals surface area contributed by atoms with Crippen molar-refractivity contribution in [2.24, 2.45) is 0 Å². The summed E-state index contributed by atoms with van der Waals surface area (Å²) in [5.41, 5.74) is 0. The number of phosphoric acid groups is 1. The van der Waals surface area contributed by atoms with Gasteiger partial charge in [0.15, 0.2) is 6.10 Å². The molecule has 15 nitrogen and oxygen atoms in total. The summed E-state index contributed by atoms with van der Waals surface area (Å²) < 4.78 is 33.4. The zero-order valence-corrected chi connectivity index (χ0v) is 40.8. The van der Waals surface area contributed by atoms with Gasteiger partial charge in [0.25, 0.3) is 0 Å². The summed E-state index contributed by atoms with van der Waals surface area (Å²) in [6.45, 7) is 2.87. The lowest BCUT2D eigenvalue weighted by Gasteiger charge is -2.41. The van der Waals surface area contributed by atoms with E-state index >= 15 is 0 Å². The van der Waals surface area contributed by atoms with Crippen molar-refractivity contribution in [2.45, 2.75) is 197 Å². The van der Waals surface area contributed by atoms with Crippen molar-refractivity contribution < 1.29 is 73.3 Å². The molecule has 0 amide bonds. The number of ether oxygens (including phenoxy) is 2. The second kappa shape index (κ2) is 39.5. The van der Waals surface area contributed by atoms with E-state index in [2.05, 4.69) is 62.5 Å². The van der Waals surface area contributed by atoms with Crippen LogP contribution < -0.4 is 0 Å². The molecule has 382 valence electrons. The Labute approximate surface area is 399 Å². The van der Waals surface area contributed by atoms with Crippen LogP contribution in [0.25, 0.3) is 0 Å². The zero-order chi connectivity index (χ0) is 49.5. The molecule has 8 N–H and O–H groups in total. The van der Waals surface area contributed by atoms with Crippen LogP contribution in [0.1, 0.15) is 142 Å². The van der Waals surface area contributed by atoms with Gasteiger partial charge in [0.05, 0.1) is 18.8 Å². The average Bonchev–Trinajstić information content (AvgIpc) is 3.30. The van der Waals surface area contributed by atoms with E-state index in [1.807, 2.05) is 24.3 Å². The Hall–Kier alpha value is -3.31. The first kappa shape index (κ1) is 61.7. The summed E-state index contributed by atoms with van der Waals surface area (Å²) >= 11 is 0. The van der Waals surface area contributed by atoms with E-state index in [1.54, 1.807) is 24.3 Å². The smallest absolute Gasteiger partial charge is 0.462 e. The molecule has 0 aromatic heterocycles. The molecule has 0 aliphatic heterocycles. The van der Waals surface area contributed by atoms with Crippen LogP contribution >= 0.6 is 7.82 Å². The highest BCUT2D eigenvalue weighted by atomic mass is 31.2. The van der Waals surface area contributed by atoms with Crippen LogP contribution in [0.15, 0.2) is 97.2 Å². The third-order valence-electron chi connectivity index (χ3n) is 10.6. The third kappa shape index (κ3) is 32.2. The number of aliphatic hydroxyl groups excluding tert-OH is 7. The first-order valence-corrected chi connectivity index (χ1v) is 25.8. The molecule has 1 aliphatic carbocycles. The van der Waals surface area contributed by atoms with E-state index in [-0.39, 0.29) is 25.7 Å². The van der Waals surface area contributed by atoms with Crippen molar-refractivity contribution >= 4 is 19.8 Å². The number of carbonyl (C=O) groups is 2. The van der Waals surface area contributed by atoms with Gasteiger partial charge in [-0.2, -0.15) is 0 Å². The number of esters is 2. The first-order chi connectivity index (χ1) is 32.2. The lowest BCUT2D eigenvalue weighted by molar-refractivity contribution is -0.220. The molecular formula is C51H83O15P. The van der Waals surface area contributed by atoms with Gasteiger partial charge in [0, 0.05) is 12.8 Å². The Morgan fingerprint density at radius 2 is 1.04 bits per heavy atom. The Kier molecular flexibility index (Phi) is 36.4. The Balaban J connectivity index is 2.56. The predicted molar refractivity (Wildman–Crippen MR) is 260 cm³/mol. The van der Waals surface area contributed by atoms with E-state index in [0.717, 1.165) is 89.9 Å². The number of hydrogen-bond donors (Lipinski definition) is 8. The van der Waals surface area contributed by atoms with Crippen molar-refractivity contribution in [1.29, 1.82) is 0 Å². The van der Waals surface area contributed by atoms with Crippen LogP contribution in [0.4, 0.5) is 0 Å². The molecule has 10 atom stereocenters. The van der Waals surface area contributed by atoms with E-state index < -0.39 is 87.9 Å². The fraction of sp³-hybridized carbons (Fsp3) is 0.647.